The first kappa shape index (κ1) is 23.0. The zero-order chi connectivity index (χ0) is 25.5. The lowest BCUT2D eigenvalue weighted by Crippen LogP contribution is -2.48. The van der Waals surface area contributed by atoms with Crippen molar-refractivity contribution in [3.8, 4) is 5.69 Å². The SMILES string of the molecule is Cc1cccc(C2c3cccn3-c3ccccc3N2C(=O)CN(C(=O)Nc2ccccc2F)C2CC2)c1. The van der Waals surface area contributed by atoms with Gasteiger partial charge in [0.1, 0.15) is 18.4 Å². The van der Waals surface area contributed by atoms with Gasteiger partial charge in [-0.1, -0.05) is 54.1 Å². The number of nitrogens with zero attached hydrogens (tertiary/aromatic N) is 3. The van der Waals surface area contributed by atoms with Crippen LogP contribution in [-0.2, 0) is 4.79 Å². The van der Waals surface area contributed by atoms with Crippen LogP contribution >= 0.6 is 0 Å². The lowest BCUT2D eigenvalue weighted by Gasteiger charge is -2.39. The van der Waals surface area contributed by atoms with E-state index in [1.165, 1.54) is 12.1 Å². The Morgan fingerprint density at radius 1 is 0.946 bits per heavy atom. The van der Waals surface area contributed by atoms with Crippen LogP contribution < -0.4 is 10.2 Å². The molecular formula is C30H27FN4O2. The molecule has 186 valence electrons. The standard InChI is InChI=1S/C30H27FN4O2/c1-20-8-6-9-21(18-20)29-27-14-7-17-33(27)25-12-4-5-13-26(25)35(29)28(36)19-34(22-15-16-22)30(37)32-24-11-3-2-10-23(24)31/h2-14,17-18,22,29H,15-16,19H2,1H3,(H,32,37). The van der Waals surface area contributed by atoms with Gasteiger partial charge in [0.25, 0.3) is 0 Å². The molecule has 6 rings (SSSR count). The monoisotopic (exact) mass is 494 g/mol. The molecule has 0 radical (unpaired) electrons. The van der Waals surface area contributed by atoms with E-state index in [0.29, 0.717) is 0 Å². The zero-order valence-electron chi connectivity index (χ0n) is 20.5. The number of aryl methyl sites for hydroxylation is 1. The fourth-order valence-electron chi connectivity index (χ4n) is 5.14. The van der Waals surface area contributed by atoms with Gasteiger partial charge in [0, 0.05) is 12.2 Å². The number of urea groups is 1. The number of hydrogen-bond donors (Lipinski definition) is 1. The number of fused-ring (bicyclic) bond motifs is 3. The van der Waals surface area contributed by atoms with E-state index in [0.717, 1.165) is 41.0 Å². The van der Waals surface area contributed by atoms with Crippen LogP contribution in [0.4, 0.5) is 20.6 Å². The van der Waals surface area contributed by atoms with Gasteiger partial charge in [-0.25, -0.2) is 9.18 Å². The van der Waals surface area contributed by atoms with E-state index in [1.807, 2.05) is 72.6 Å². The number of benzene rings is 3. The van der Waals surface area contributed by atoms with Crippen molar-refractivity contribution in [1.82, 2.24) is 9.47 Å². The molecular weight excluding hydrogens is 467 g/mol. The Bertz CT molecular complexity index is 1490. The molecule has 1 unspecified atom stereocenters. The predicted octanol–water partition coefficient (Wildman–Crippen LogP) is 6.06. The highest BCUT2D eigenvalue weighted by Crippen LogP contribution is 2.42. The van der Waals surface area contributed by atoms with Crippen molar-refractivity contribution in [2.24, 2.45) is 0 Å². The Balaban J connectivity index is 1.37. The molecule has 37 heavy (non-hydrogen) atoms. The molecule has 2 aliphatic rings. The molecule has 7 heteroatoms. The fraction of sp³-hybridized carbons (Fsp3) is 0.200. The van der Waals surface area contributed by atoms with Crippen LogP contribution in [0, 0.1) is 12.7 Å². The van der Waals surface area contributed by atoms with E-state index in [9.17, 15) is 14.0 Å². The summed E-state index contributed by atoms with van der Waals surface area (Å²) in [6.07, 6.45) is 3.65. The topological polar surface area (TPSA) is 57.6 Å². The summed E-state index contributed by atoms with van der Waals surface area (Å²) in [5.41, 5.74) is 4.87. The maximum absolute atomic E-state index is 14.2. The van der Waals surface area contributed by atoms with Crippen molar-refractivity contribution in [2.45, 2.75) is 31.8 Å². The van der Waals surface area contributed by atoms with Crippen LogP contribution in [0.3, 0.4) is 0 Å². The minimum absolute atomic E-state index is 0.0444. The van der Waals surface area contributed by atoms with Crippen LogP contribution in [0.1, 0.15) is 35.7 Å². The average molecular weight is 495 g/mol. The summed E-state index contributed by atoms with van der Waals surface area (Å²) in [5.74, 6) is -0.704. The minimum Gasteiger partial charge on any atom is -0.316 e. The number of carbonyl (C=O) groups is 2. The van der Waals surface area contributed by atoms with E-state index in [-0.39, 0.29) is 30.2 Å². The molecule has 1 N–H and O–H groups in total. The van der Waals surface area contributed by atoms with Crippen molar-refractivity contribution in [3.63, 3.8) is 0 Å². The number of rotatable bonds is 5. The summed E-state index contributed by atoms with van der Waals surface area (Å²) in [4.78, 5) is 30.7. The van der Waals surface area contributed by atoms with E-state index < -0.39 is 11.8 Å². The highest BCUT2D eigenvalue weighted by molar-refractivity contribution is 6.01. The molecule has 4 aromatic rings. The number of hydrogen-bond acceptors (Lipinski definition) is 2. The highest BCUT2D eigenvalue weighted by Gasteiger charge is 2.40. The maximum Gasteiger partial charge on any atom is 0.322 e. The Hall–Kier alpha value is -4.39. The molecule has 0 bridgehead atoms. The molecule has 0 spiro atoms. The molecule has 1 fully saturated rings. The van der Waals surface area contributed by atoms with Crippen LogP contribution in [-0.4, -0.2) is 34.0 Å². The quantitative estimate of drug-likeness (QED) is 0.367. The molecule has 1 atom stereocenters. The Kier molecular flexibility index (Phi) is 5.75. The summed E-state index contributed by atoms with van der Waals surface area (Å²) in [5, 5.41) is 2.66. The van der Waals surface area contributed by atoms with Crippen molar-refractivity contribution in [1.29, 1.82) is 0 Å². The third-order valence-electron chi connectivity index (χ3n) is 7.02. The number of amides is 3. The highest BCUT2D eigenvalue weighted by atomic mass is 19.1. The van der Waals surface area contributed by atoms with Crippen molar-refractivity contribution < 1.29 is 14.0 Å². The summed E-state index contributed by atoms with van der Waals surface area (Å²) in [6.45, 7) is 1.93. The molecule has 6 nitrogen and oxygen atoms in total. The van der Waals surface area contributed by atoms with Crippen LogP contribution in [0.25, 0.3) is 5.69 Å². The molecule has 0 saturated heterocycles. The van der Waals surface area contributed by atoms with Gasteiger partial charge in [-0.3, -0.25) is 9.69 Å². The van der Waals surface area contributed by atoms with Gasteiger partial charge in [-0.15, -0.1) is 0 Å². The van der Waals surface area contributed by atoms with Gasteiger partial charge < -0.3 is 14.8 Å². The lowest BCUT2D eigenvalue weighted by atomic mass is 9.96. The van der Waals surface area contributed by atoms with Crippen molar-refractivity contribution in [3.05, 3.63) is 114 Å². The van der Waals surface area contributed by atoms with E-state index >= 15 is 0 Å². The van der Waals surface area contributed by atoms with Gasteiger partial charge in [0.05, 0.1) is 22.8 Å². The van der Waals surface area contributed by atoms with Crippen LogP contribution in [0.5, 0.6) is 0 Å². The molecule has 2 heterocycles. The summed E-state index contributed by atoms with van der Waals surface area (Å²) < 4.78 is 16.3. The molecule has 3 aromatic carbocycles. The zero-order valence-corrected chi connectivity index (χ0v) is 20.5. The Morgan fingerprint density at radius 3 is 2.46 bits per heavy atom. The number of carbonyl (C=O) groups excluding carboxylic acids is 2. The fourth-order valence-corrected chi connectivity index (χ4v) is 5.14. The van der Waals surface area contributed by atoms with E-state index in [4.69, 9.17) is 0 Å². The minimum atomic E-state index is -0.511. The third-order valence-corrected chi connectivity index (χ3v) is 7.02. The molecule has 1 saturated carbocycles. The van der Waals surface area contributed by atoms with Gasteiger partial charge in [-0.05, 0) is 61.7 Å². The van der Waals surface area contributed by atoms with Crippen LogP contribution in [0.15, 0.2) is 91.1 Å². The largest absolute Gasteiger partial charge is 0.322 e. The lowest BCUT2D eigenvalue weighted by molar-refractivity contribution is -0.119. The number of nitrogens with one attached hydrogen (secondary N) is 1. The maximum atomic E-state index is 14.2. The number of aromatic nitrogens is 1. The second kappa shape index (κ2) is 9.24. The second-order valence-corrected chi connectivity index (χ2v) is 9.64. The first-order valence-corrected chi connectivity index (χ1v) is 12.5. The van der Waals surface area contributed by atoms with Gasteiger partial charge in [0.2, 0.25) is 5.91 Å². The average Bonchev–Trinajstić information content (AvgIpc) is 3.62. The van der Waals surface area contributed by atoms with Gasteiger partial charge >= 0.3 is 6.03 Å². The first-order chi connectivity index (χ1) is 18.0. The molecule has 1 aromatic heterocycles. The third kappa shape index (κ3) is 4.27. The van der Waals surface area contributed by atoms with Gasteiger partial charge in [0.15, 0.2) is 0 Å². The number of halogens is 1. The summed E-state index contributed by atoms with van der Waals surface area (Å²) in [6, 6.07) is 25.2. The molecule has 1 aliphatic carbocycles. The summed E-state index contributed by atoms with van der Waals surface area (Å²) in [7, 11) is 0. The van der Waals surface area contributed by atoms with Crippen molar-refractivity contribution >= 4 is 23.3 Å². The number of para-hydroxylation sites is 3. The van der Waals surface area contributed by atoms with Gasteiger partial charge in [-0.2, -0.15) is 0 Å². The van der Waals surface area contributed by atoms with Crippen LogP contribution in [0.2, 0.25) is 0 Å². The predicted molar refractivity (Wildman–Crippen MR) is 141 cm³/mol. The normalized spacial score (nSPS) is 16.1. The van der Waals surface area contributed by atoms with E-state index in [2.05, 4.69) is 16.0 Å². The first-order valence-electron chi connectivity index (χ1n) is 12.5. The van der Waals surface area contributed by atoms with Crippen molar-refractivity contribution in [2.75, 3.05) is 16.8 Å². The smallest absolute Gasteiger partial charge is 0.316 e. The number of anilines is 2. The molecule has 1 aliphatic heterocycles. The summed E-state index contributed by atoms with van der Waals surface area (Å²) >= 11 is 0. The molecule has 3 amide bonds. The second-order valence-electron chi connectivity index (χ2n) is 9.64. The van der Waals surface area contributed by atoms with E-state index in [1.54, 1.807) is 17.0 Å². The Labute approximate surface area is 214 Å². The Morgan fingerprint density at radius 2 is 1.70 bits per heavy atom.